The second-order valence-electron chi connectivity index (χ2n) is 7.63. The second kappa shape index (κ2) is 3.76. The second-order valence-corrected chi connectivity index (χ2v) is 7.63. The summed E-state index contributed by atoms with van der Waals surface area (Å²) in [6.07, 6.45) is 7.34. The Hall–Kier alpha value is -1.64. The van der Waals surface area contributed by atoms with Gasteiger partial charge in [0.2, 0.25) is 0 Å². The summed E-state index contributed by atoms with van der Waals surface area (Å²) >= 11 is 0. The first-order valence-corrected chi connectivity index (χ1v) is 8.14. The average molecular weight is 281 g/mol. The molecule has 0 saturated heterocycles. The third kappa shape index (κ3) is 1.44. The standard InChI is InChI=1S/C18H19NO2/c20-16-14-3-1-2-4-15(14)19(17(16)21)18-8-11-5-12(9-18)7-13(6-11)10-18/h1-4,11-13H,5-10H2. The van der Waals surface area contributed by atoms with Gasteiger partial charge in [0.1, 0.15) is 0 Å². The van der Waals surface area contributed by atoms with Crippen molar-refractivity contribution in [2.24, 2.45) is 17.8 Å². The molecule has 6 rings (SSSR count). The van der Waals surface area contributed by atoms with E-state index in [4.69, 9.17) is 0 Å². The van der Waals surface area contributed by atoms with E-state index in [0.717, 1.165) is 42.7 Å². The number of hydrogen-bond donors (Lipinski definition) is 0. The summed E-state index contributed by atoms with van der Waals surface area (Å²) in [5.41, 5.74) is 1.42. The highest BCUT2D eigenvalue weighted by atomic mass is 16.2. The fraction of sp³-hybridized carbons (Fsp3) is 0.556. The number of Topliss-reactive ketones (excluding diaryl/α,β-unsaturated/α-hetero) is 1. The molecular weight excluding hydrogens is 262 g/mol. The van der Waals surface area contributed by atoms with Gasteiger partial charge in [-0.05, 0) is 68.4 Å². The Bertz CT molecular complexity index is 628. The smallest absolute Gasteiger partial charge is 0.299 e. The van der Waals surface area contributed by atoms with Crippen LogP contribution in [0.1, 0.15) is 48.9 Å². The Morgan fingerprint density at radius 1 is 0.905 bits per heavy atom. The van der Waals surface area contributed by atoms with Gasteiger partial charge in [-0.25, -0.2) is 0 Å². The molecule has 1 amide bonds. The number of ketones is 1. The Morgan fingerprint density at radius 2 is 1.48 bits per heavy atom. The number of hydrogen-bond acceptors (Lipinski definition) is 2. The van der Waals surface area contributed by atoms with Crippen LogP contribution in [0.5, 0.6) is 0 Å². The highest BCUT2D eigenvalue weighted by Gasteiger charge is 2.57. The first kappa shape index (κ1) is 12.0. The van der Waals surface area contributed by atoms with E-state index >= 15 is 0 Å². The minimum atomic E-state index is -0.304. The molecule has 4 fully saturated rings. The van der Waals surface area contributed by atoms with Crippen LogP contribution in [0.4, 0.5) is 5.69 Å². The number of nitrogens with zero attached hydrogens (tertiary/aromatic N) is 1. The zero-order valence-electron chi connectivity index (χ0n) is 12.0. The minimum Gasteiger partial charge on any atom is -0.299 e. The van der Waals surface area contributed by atoms with Crippen LogP contribution in [-0.4, -0.2) is 17.2 Å². The maximum absolute atomic E-state index is 12.7. The van der Waals surface area contributed by atoms with Crippen molar-refractivity contribution < 1.29 is 9.59 Å². The van der Waals surface area contributed by atoms with Crippen LogP contribution >= 0.6 is 0 Å². The number of fused-ring (bicyclic) bond motifs is 1. The molecule has 0 unspecified atom stereocenters. The lowest BCUT2D eigenvalue weighted by atomic mass is 9.52. The Morgan fingerprint density at radius 3 is 2.10 bits per heavy atom. The van der Waals surface area contributed by atoms with Crippen molar-refractivity contribution in [2.45, 2.75) is 44.1 Å². The van der Waals surface area contributed by atoms with Crippen LogP contribution in [0.2, 0.25) is 0 Å². The number of carbonyl (C=O) groups excluding carboxylic acids is 2. The van der Waals surface area contributed by atoms with Crippen LogP contribution in [0.15, 0.2) is 24.3 Å². The van der Waals surface area contributed by atoms with Crippen LogP contribution < -0.4 is 4.90 Å². The van der Waals surface area contributed by atoms with E-state index in [1.165, 1.54) is 19.3 Å². The van der Waals surface area contributed by atoms with Crippen molar-refractivity contribution >= 4 is 17.4 Å². The summed E-state index contributed by atoms with van der Waals surface area (Å²) in [4.78, 5) is 26.9. The van der Waals surface area contributed by atoms with Gasteiger partial charge < -0.3 is 0 Å². The lowest BCUT2D eigenvalue weighted by molar-refractivity contribution is -0.117. The van der Waals surface area contributed by atoms with Crippen molar-refractivity contribution in [3.05, 3.63) is 29.8 Å². The van der Waals surface area contributed by atoms with Crippen molar-refractivity contribution in [3.63, 3.8) is 0 Å². The number of amides is 1. The first-order valence-electron chi connectivity index (χ1n) is 8.14. The van der Waals surface area contributed by atoms with Crippen LogP contribution in [-0.2, 0) is 4.79 Å². The molecule has 5 aliphatic rings. The lowest BCUT2D eigenvalue weighted by Gasteiger charge is -2.59. The summed E-state index contributed by atoms with van der Waals surface area (Å²) < 4.78 is 0. The summed E-state index contributed by atoms with van der Waals surface area (Å²) in [5.74, 6) is 1.73. The van der Waals surface area contributed by atoms with E-state index in [2.05, 4.69) is 0 Å². The number of para-hydroxylation sites is 1. The molecule has 21 heavy (non-hydrogen) atoms. The predicted octanol–water partition coefficient (Wildman–Crippen LogP) is 3.18. The van der Waals surface area contributed by atoms with E-state index in [1.54, 1.807) is 6.07 Å². The third-order valence-corrected chi connectivity index (χ3v) is 6.27. The number of rotatable bonds is 1. The van der Waals surface area contributed by atoms with Gasteiger partial charge in [-0.3, -0.25) is 14.5 Å². The molecule has 0 N–H and O–H groups in total. The maximum Gasteiger partial charge on any atom is 0.299 e. The van der Waals surface area contributed by atoms with Crippen molar-refractivity contribution in [1.29, 1.82) is 0 Å². The van der Waals surface area contributed by atoms with Gasteiger partial charge in [0.25, 0.3) is 11.7 Å². The average Bonchev–Trinajstić information content (AvgIpc) is 2.70. The van der Waals surface area contributed by atoms with E-state index in [1.807, 2.05) is 23.1 Å². The molecule has 108 valence electrons. The summed E-state index contributed by atoms with van der Waals surface area (Å²) in [6.45, 7) is 0. The minimum absolute atomic E-state index is 0.0614. The van der Waals surface area contributed by atoms with E-state index < -0.39 is 0 Å². The van der Waals surface area contributed by atoms with Gasteiger partial charge in [0.15, 0.2) is 0 Å². The normalized spacial score (nSPS) is 40.0. The quantitative estimate of drug-likeness (QED) is 0.741. The molecule has 3 heteroatoms. The molecule has 0 radical (unpaired) electrons. The van der Waals surface area contributed by atoms with Gasteiger partial charge in [-0.15, -0.1) is 0 Å². The molecule has 1 aromatic rings. The molecule has 4 bridgehead atoms. The fourth-order valence-electron chi connectivity index (χ4n) is 6.00. The highest BCUT2D eigenvalue weighted by molar-refractivity contribution is 6.52. The van der Waals surface area contributed by atoms with Gasteiger partial charge in [-0.2, -0.15) is 0 Å². The van der Waals surface area contributed by atoms with Gasteiger partial charge in [-0.1, -0.05) is 12.1 Å². The van der Waals surface area contributed by atoms with Crippen molar-refractivity contribution in [3.8, 4) is 0 Å². The largest absolute Gasteiger partial charge is 0.299 e. The summed E-state index contributed by atoms with van der Waals surface area (Å²) in [5, 5.41) is 0. The van der Waals surface area contributed by atoms with Gasteiger partial charge in [0.05, 0.1) is 11.3 Å². The van der Waals surface area contributed by atoms with E-state index in [-0.39, 0.29) is 17.2 Å². The number of carbonyl (C=O) groups is 2. The molecule has 3 nitrogen and oxygen atoms in total. The molecule has 4 saturated carbocycles. The summed E-state index contributed by atoms with van der Waals surface area (Å²) in [7, 11) is 0. The number of anilines is 1. The summed E-state index contributed by atoms with van der Waals surface area (Å²) in [6, 6.07) is 7.55. The van der Waals surface area contributed by atoms with E-state index in [0.29, 0.717) is 5.56 Å². The van der Waals surface area contributed by atoms with Crippen LogP contribution in [0.3, 0.4) is 0 Å². The molecule has 0 aromatic heterocycles. The lowest BCUT2D eigenvalue weighted by Crippen LogP contribution is -2.61. The topological polar surface area (TPSA) is 37.4 Å². The monoisotopic (exact) mass is 281 g/mol. The molecule has 1 aromatic carbocycles. The van der Waals surface area contributed by atoms with E-state index in [9.17, 15) is 9.59 Å². The van der Waals surface area contributed by atoms with Gasteiger partial charge >= 0.3 is 0 Å². The van der Waals surface area contributed by atoms with Crippen LogP contribution in [0.25, 0.3) is 0 Å². The van der Waals surface area contributed by atoms with Crippen molar-refractivity contribution in [1.82, 2.24) is 0 Å². The third-order valence-electron chi connectivity index (χ3n) is 6.27. The molecule has 4 aliphatic carbocycles. The number of benzene rings is 1. The molecule has 1 heterocycles. The zero-order chi connectivity index (χ0) is 14.2. The Balaban J connectivity index is 1.65. The van der Waals surface area contributed by atoms with Gasteiger partial charge in [0, 0.05) is 5.54 Å². The molecule has 1 aliphatic heterocycles. The highest BCUT2D eigenvalue weighted by Crippen LogP contribution is 2.59. The molecular formula is C18H19NO2. The first-order chi connectivity index (χ1) is 10.2. The predicted molar refractivity (Wildman–Crippen MR) is 79.2 cm³/mol. The maximum atomic E-state index is 12.7. The molecule has 0 atom stereocenters. The molecule has 0 spiro atoms. The SMILES string of the molecule is O=C1C(=O)N(C23CC4CC(CC(C4)C2)C3)c2ccccc21. The fourth-order valence-corrected chi connectivity index (χ4v) is 6.00. The van der Waals surface area contributed by atoms with Crippen LogP contribution in [0, 0.1) is 17.8 Å². The van der Waals surface area contributed by atoms with Crippen molar-refractivity contribution in [2.75, 3.05) is 4.90 Å². The Kier molecular flexibility index (Phi) is 2.14. The zero-order valence-corrected chi connectivity index (χ0v) is 12.0. The Labute approximate surface area is 124 Å².